The maximum Gasteiger partial charge on any atom is 0.119 e. The zero-order chi connectivity index (χ0) is 13.7. The molecule has 0 aromatic heterocycles. The fourth-order valence-electron chi connectivity index (χ4n) is 2.10. The Kier molecular flexibility index (Phi) is 5.45. The fraction of sp³-hybridized carbons (Fsp3) is 0.571. The largest absolute Gasteiger partial charge is 0.491 e. The normalized spacial score (nSPS) is 23.7. The number of ether oxygens (including phenoxy) is 1. The predicted molar refractivity (Wildman–Crippen MR) is 74.6 cm³/mol. The second-order valence-electron chi connectivity index (χ2n) is 5.07. The van der Waals surface area contributed by atoms with Gasteiger partial charge in [0.2, 0.25) is 0 Å². The second-order valence-corrected chi connectivity index (χ2v) is 5.50. The molecular weight excluding hydrogens is 266 g/mol. The fourth-order valence-corrected chi connectivity index (χ4v) is 2.23. The van der Waals surface area contributed by atoms with Gasteiger partial charge >= 0.3 is 0 Å². The van der Waals surface area contributed by atoms with Crippen LogP contribution in [0.1, 0.15) is 12.8 Å². The Morgan fingerprint density at radius 3 is 2.63 bits per heavy atom. The lowest BCUT2D eigenvalue weighted by Crippen LogP contribution is -2.39. The number of benzene rings is 1. The van der Waals surface area contributed by atoms with E-state index in [-0.39, 0.29) is 12.7 Å². The summed E-state index contributed by atoms with van der Waals surface area (Å²) in [6, 6.07) is 7.06. The molecule has 0 aliphatic heterocycles. The quantitative estimate of drug-likeness (QED) is 0.709. The average molecular weight is 286 g/mol. The molecular formula is C14H20ClNO3. The molecule has 1 fully saturated rings. The third-order valence-electron chi connectivity index (χ3n) is 3.28. The summed E-state index contributed by atoms with van der Waals surface area (Å²) in [4.78, 5) is 0. The number of hydrogen-bond donors (Lipinski definition) is 3. The van der Waals surface area contributed by atoms with Gasteiger partial charge in [0, 0.05) is 11.6 Å². The molecule has 5 heteroatoms. The lowest BCUT2D eigenvalue weighted by atomic mass is 9.82. The summed E-state index contributed by atoms with van der Waals surface area (Å²) in [6.45, 7) is 1.59. The van der Waals surface area contributed by atoms with Gasteiger partial charge < -0.3 is 20.3 Å². The first-order valence-electron chi connectivity index (χ1n) is 6.58. The van der Waals surface area contributed by atoms with E-state index in [2.05, 4.69) is 5.32 Å². The standard InChI is InChI=1S/C14H20ClNO3/c15-11-1-3-14(4-2-11)19-9-13(18)8-16-7-10-5-12(17)6-10/h1-4,10,12-13,16-18H,5-9H2. The predicted octanol–water partition coefficient (Wildman–Crippen LogP) is 1.44. The Hall–Kier alpha value is -0.810. The van der Waals surface area contributed by atoms with Crippen molar-refractivity contribution in [3.8, 4) is 5.75 Å². The summed E-state index contributed by atoms with van der Waals surface area (Å²) < 4.78 is 5.45. The minimum atomic E-state index is -0.541. The van der Waals surface area contributed by atoms with Crippen LogP contribution < -0.4 is 10.1 Å². The van der Waals surface area contributed by atoms with E-state index < -0.39 is 6.10 Å². The maximum absolute atomic E-state index is 9.76. The zero-order valence-electron chi connectivity index (χ0n) is 10.8. The first-order chi connectivity index (χ1) is 9.13. The van der Waals surface area contributed by atoms with Crippen molar-refractivity contribution in [2.75, 3.05) is 19.7 Å². The molecule has 106 valence electrons. The average Bonchev–Trinajstić information content (AvgIpc) is 2.36. The van der Waals surface area contributed by atoms with Crippen LogP contribution in [0.15, 0.2) is 24.3 Å². The topological polar surface area (TPSA) is 61.7 Å². The van der Waals surface area contributed by atoms with E-state index in [1.807, 2.05) is 0 Å². The molecule has 1 aliphatic rings. The second kappa shape index (κ2) is 7.10. The van der Waals surface area contributed by atoms with Crippen molar-refractivity contribution in [2.45, 2.75) is 25.0 Å². The van der Waals surface area contributed by atoms with Crippen LogP contribution in [0.3, 0.4) is 0 Å². The molecule has 4 nitrogen and oxygen atoms in total. The van der Waals surface area contributed by atoms with E-state index in [0.29, 0.717) is 23.2 Å². The van der Waals surface area contributed by atoms with Crippen molar-refractivity contribution in [2.24, 2.45) is 5.92 Å². The highest BCUT2D eigenvalue weighted by Crippen LogP contribution is 2.25. The van der Waals surface area contributed by atoms with Gasteiger partial charge in [0.05, 0.1) is 6.10 Å². The third-order valence-corrected chi connectivity index (χ3v) is 3.53. The van der Waals surface area contributed by atoms with Gasteiger partial charge in [-0.15, -0.1) is 0 Å². The number of hydrogen-bond acceptors (Lipinski definition) is 4. The Morgan fingerprint density at radius 1 is 1.32 bits per heavy atom. The van der Waals surface area contributed by atoms with Crippen LogP contribution in [-0.4, -0.2) is 42.1 Å². The summed E-state index contributed by atoms with van der Waals surface area (Å²) >= 11 is 5.77. The summed E-state index contributed by atoms with van der Waals surface area (Å²) in [7, 11) is 0. The summed E-state index contributed by atoms with van der Waals surface area (Å²) in [5, 5.41) is 22.8. The molecule has 0 heterocycles. The van der Waals surface area contributed by atoms with E-state index in [1.54, 1.807) is 24.3 Å². The summed E-state index contributed by atoms with van der Waals surface area (Å²) in [6.07, 6.45) is 1.07. The van der Waals surface area contributed by atoms with E-state index in [1.165, 1.54) is 0 Å². The SMILES string of the molecule is OC(CNCC1CC(O)C1)COc1ccc(Cl)cc1. The van der Waals surface area contributed by atoms with Crippen molar-refractivity contribution in [1.82, 2.24) is 5.32 Å². The summed E-state index contributed by atoms with van der Waals surface area (Å²) in [5.41, 5.74) is 0. The van der Waals surface area contributed by atoms with E-state index in [9.17, 15) is 5.11 Å². The van der Waals surface area contributed by atoms with Crippen molar-refractivity contribution in [3.05, 3.63) is 29.3 Å². The van der Waals surface area contributed by atoms with Crippen LogP contribution in [0.2, 0.25) is 5.02 Å². The molecule has 0 saturated heterocycles. The Morgan fingerprint density at radius 2 is 2.00 bits per heavy atom. The van der Waals surface area contributed by atoms with Gasteiger partial charge in [-0.2, -0.15) is 0 Å². The molecule has 1 saturated carbocycles. The van der Waals surface area contributed by atoms with Crippen LogP contribution in [0.5, 0.6) is 5.75 Å². The lowest BCUT2D eigenvalue weighted by Gasteiger charge is -2.31. The molecule has 1 unspecified atom stereocenters. The number of nitrogens with one attached hydrogen (secondary N) is 1. The third kappa shape index (κ3) is 4.99. The lowest BCUT2D eigenvalue weighted by molar-refractivity contribution is 0.0400. The van der Waals surface area contributed by atoms with Crippen LogP contribution in [0, 0.1) is 5.92 Å². The Balaban J connectivity index is 1.56. The Labute approximate surface area is 118 Å². The van der Waals surface area contributed by atoms with E-state index in [0.717, 1.165) is 19.4 Å². The van der Waals surface area contributed by atoms with Crippen LogP contribution in [-0.2, 0) is 0 Å². The molecule has 1 aliphatic carbocycles. The molecule has 19 heavy (non-hydrogen) atoms. The minimum absolute atomic E-state index is 0.120. The van der Waals surface area contributed by atoms with Gasteiger partial charge in [0.25, 0.3) is 0 Å². The van der Waals surface area contributed by atoms with Crippen LogP contribution >= 0.6 is 11.6 Å². The zero-order valence-corrected chi connectivity index (χ0v) is 11.5. The maximum atomic E-state index is 9.76. The monoisotopic (exact) mass is 285 g/mol. The molecule has 0 radical (unpaired) electrons. The van der Waals surface area contributed by atoms with Crippen LogP contribution in [0.4, 0.5) is 0 Å². The summed E-state index contributed by atoms with van der Waals surface area (Å²) in [5.74, 6) is 1.24. The number of aliphatic hydroxyl groups excluding tert-OH is 2. The van der Waals surface area contributed by atoms with Crippen molar-refractivity contribution in [3.63, 3.8) is 0 Å². The number of aliphatic hydroxyl groups is 2. The van der Waals surface area contributed by atoms with Gasteiger partial charge in [-0.3, -0.25) is 0 Å². The highest BCUT2D eigenvalue weighted by Gasteiger charge is 2.26. The molecule has 0 bridgehead atoms. The van der Waals surface area contributed by atoms with Gasteiger partial charge in [0.1, 0.15) is 18.5 Å². The number of rotatable bonds is 7. The van der Waals surface area contributed by atoms with Gasteiger partial charge in [-0.1, -0.05) is 11.6 Å². The molecule has 0 amide bonds. The molecule has 3 N–H and O–H groups in total. The van der Waals surface area contributed by atoms with Crippen molar-refractivity contribution < 1.29 is 14.9 Å². The van der Waals surface area contributed by atoms with E-state index in [4.69, 9.17) is 21.4 Å². The Bertz CT molecular complexity index is 379. The highest BCUT2D eigenvalue weighted by atomic mass is 35.5. The molecule has 1 atom stereocenters. The minimum Gasteiger partial charge on any atom is -0.491 e. The van der Waals surface area contributed by atoms with Gasteiger partial charge in [-0.05, 0) is 49.6 Å². The van der Waals surface area contributed by atoms with Crippen molar-refractivity contribution >= 4 is 11.6 Å². The van der Waals surface area contributed by atoms with Crippen LogP contribution in [0.25, 0.3) is 0 Å². The van der Waals surface area contributed by atoms with Crippen molar-refractivity contribution in [1.29, 1.82) is 0 Å². The van der Waals surface area contributed by atoms with E-state index >= 15 is 0 Å². The first kappa shape index (κ1) is 14.6. The molecule has 1 aromatic rings. The first-order valence-corrected chi connectivity index (χ1v) is 6.96. The molecule has 0 spiro atoms. The smallest absolute Gasteiger partial charge is 0.119 e. The van der Waals surface area contributed by atoms with Gasteiger partial charge in [-0.25, -0.2) is 0 Å². The molecule has 2 rings (SSSR count). The number of halogens is 1. The highest BCUT2D eigenvalue weighted by molar-refractivity contribution is 6.30. The van der Waals surface area contributed by atoms with Gasteiger partial charge in [0.15, 0.2) is 0 Å². The molecule has 1 aromatic carbocycles.